The zero-order valence-corrected chi connectivity index (χ0v) is 16.4. The number of benzene rings is 1. The molecular weight excluding hydrogens is 356 g/mol. The lowest BCUT2D eigenvalue weighted by Crippen LogP contribution is -2.33. The molecule has 0 bridgehead atoms. The highest BCUT2D eigenvalue weighted by Crippen LogP contribution is 2.32. The van der Waals surface area contributed by atoms with Gasteiger partial charge in [0.15, 0.2) is 0 Å². The van der Waals surface area contributed by atoms with Crippen LogP contribution in [0.3, 0.4) is 0 Å². The van der Waals surface area contributed by atoms with Gasteiger partial charge in [0.1, 0.15) is 11.3 Å². The average Bonchev–Trinajstić information content (AvgIpc) is 3.01. The van der Waals surface area contributed by atoms with Gasteiger partial charge in [-0.1, -0.05) is 25.5 Å². The SMILES string of the molecule is COc1ccc2c(c1)[nH]c1c(=O)n(/N=C\[C@@H]3[C@@H](C)C=C(C)C[C@@H]3C)c(=O)[nH]c12. The first-order chi connectivity index (χ1) is 13.4. The molecule has 2 aromatic heterocycles. The van der Waals surface area contributed by atoms with Gasteiger partial charge >= 0.3 is 11.2 Å². The van der Waals surface area contributed by atoms with Gasteiger partial charge in [-0.05, 0) is 37.3 Å². The predicted molar refractivity (Wildman–Crippen MR) is 111 cm³/mol. The molecule has 0 amide bonds. The first kappa shape index (κ1) is 18.3. The Morgan fingerprint density at radius 2 is 2.00 bits per heavy atom. The largest absolute Gasteiger partial charge is 0.497 e. The van der Waals surface area contributed by atoms with Gasteiger partial charge < -0.3 is 14.7 Å². The number of rotatable bonds is 3. The van der Waals surface area contributed by atoms with Crippen LogP contribution in [0.25, 0.3) is 21.9 Å². The molecule has 0 fully saturated rings. The van der Waals surface area contributed by atoms with Crippen LogP contribution in [-0.4, -0.2) is 28.0 Å². The maximum Gasteiger partial charge on any atom is 0.350 e. The minimum absolute atomic E-state index is 0.178. The van der Waals surface area contributed by atoms with Crippen LogP contribution in [0.2, 0.25) is 0 Å². The van der Waals surface area contributed by atoms with Crippen molar-refractivity contribution in [2.45, 2.75) is 27.2 Å². The first-order valence-corrected chi connectivity index (χ1v) is 9.45. The minimum atomic E-state index is -0.548. The summed E-state index contributed by atoms with van der Waals surface area (Å²) in [7, 11) is 1.58. The molecule has 0 saturated carbocycles. The molecule has 1 aliphatic rings. The summed E-state index contributed by atoms with van der Waals surface area (Å²) in [5, 5.41) is 5.03. The molecular formula is C21H24N4O3. The molecule has 1 aliphatic carbocycles. The number of aromatic amines is 2. The van der Waals surface area contributed by atoms with Crippen LogP contribution in [0.15, 0.2) is 44.5 Å². The summed E-state index contributed by atoms with van der Waals surface area (Å²) in [4.78, 5) is 31.3. The van der Waals surface area contributed by atoms with E-state index in [1.54, 1.807) is 25.5 Å². The van der Waals surface area contributed by atoms with E-state index >= 15 is 0 Å². The fourth-order valence-electron chi connectivity index (χ4n) is 4.27. The third kappa shape index (κ3) is 2.96. The summed E-state index contributed by atoms with van der Waals surface area (Å²) in [5.74, 6) is 1.57. The van der Waals surface area contributed by atoms with Crippen molar-refractivity contribution < 1.29 is 4.74 Å². The Bertz CT molecular complexity index is 1230. The van der Waals surface area contributed by atoms with Crippen molar-refractivity contribution in [3.63, 3.8) is 0 Å². The quantitative estimate of drug-likeness (QED) is 0.540. The molecule has 146 valence electrons. The number of H-pyrrole nitrogens is 2. The van der Waals surface area contributed by atoms with E-state index < -0.39 is 11.2 Å². The van der Waals surface area contributed by atoms with E-state index in [1.807, 2.05) is 6.07 Å². The predicted octanol–water partition coefficient (Wildman–Crippen LogP) is 3.25. The molecule has 3 atom stereocenters. The lowest BCUT2D eigenvalue weighted by molar-refractivity contribution is 0.361. The number of allylic oxidation sites excluding steroid dienone is 2. The number of nitrogens with zero attached hydrogens (tertiary/aromatic N) is 2. The highest BCUT2D eigenvalue weighted by molar-refractivity contribution is 6.04. The Kier molecular flexibility index (Phi) is 4.45. The molecule has 0 spiro atoms. The smallest absolute Gasteiger partial charge is 0.350 e. The third-order valence-electron chi connectivity index (χ3n) is 5.65. The highest BCUT2D eigenvalue weighted by atomic mass is 16.5. The number of aromatic nitrogens is 3. The molecule has 7 nitrogen and oxygen atoms in total. The average molecular weight is 380 g/mol. The summed E-state index contributed by atoms with van der Waals surface area (Å²) in [6, 6.07) is 5.40. The second kappa shape index (κ2) is 6.82. The Balaban J connectivity index is 1.81. The number of methoxy groups -OCH3 is 1. The normalized spacial score (nSPS) is 22.9. The topological polar surface area (TPSA) is 92.2 Å². The monoisotopic (exact) mass is 380 g/mol. The van der Waals surface area contributed by atoms with Crippen molar-refractivity contribution in [1.82, 2.24) is 14.6 Å². The standard InChI is InChI=1S/C21H24N4O3/c1-11-7-12(2)16(13(3)8-11)10-22-25-20(26)19-18(24-21(25)27)15-6-5-14(28-4)9-17(15)23-19/h5-7,9-10,12-13,16,23H,8H2,1-4H3,(H,24,27)/b22-10-/t12-,13-,16+/m0/s1. The highest BCUT2D eigenvalue weighted by Gasteiger charge is 2.25. The maximum absolute atomic E-state index is 12.9. The molecule has 3 aromatic rings. The fourth-order valence-corrected chi connectivity index (χ4v) is 4.27. The van der Waals surface area contributed by atoms with Crippen molar-refractivity contribution in [1.29, 1.82) is 0 Å². The van der Waals surface area contributed by atoms with E-state index in [0.717, 1.165) is 22.0 Å². The van der Waals surface area contributed by atoms with E-state index in [0.29, 0.717) is 28.6 Å². The van der Waals surface area contributed by atoms with Crippen LogP contribution >= 0.6 is 0 Å². The zero-order valence-electron chi connectivity index (χ0n) is 16.4. The maximum atomic E-state index is 12.9. The lowest BCUT2D eigenvalue weighted by atomic mass is 9.76. The van der Waals surface area contributed by atoms with E-state index in [9.17, 15) is 9.59 Å². The number of ether oxygens (including phenoxy) is 1. The van der Waals surface area contributed by atoms with E-state index in [-0.39, 0.29) is 5.92 Å². The molecule has 1 aromatic carbocycles. The molecule has 7 heteroatoms. The molecule has 2 N–H and O–H groups in total. The summed E-state index contributed by atoms with van der Waals surface area (Å²) in [5.41, 5.74) is 1.88. The van der Waals surface area contributed by atoms with Gasteiger partial charge in [0.05, 0.1) is 18.1 Å². The molecule has 4 rings (SSSR count). The van der Waals surface area contributed by atoms with Gasteiger partial charge in [-0.25, -0.2) is 4.79 Å². The van der Waals surface area contributed by atoms with Gasteiger partial charge in [0.25, 0.3) is 0 Å². The molecule has 28 heavy (non-hydrogen) atoms. The van der Waals surface area contributed by atoms with Crippen molar-refractivity contribution >= 4 is 28.2 Å². The Hall–Kier alpha value is -3.09. The summed E-state index contributed by atoms with van der Waals surface area (Å²) in [6.45, 7) is 6.44. The second-order valence-corrected chi connectivity index (χ2v) is 7.73. The summed E-state index contributed by atoms with van der Waals surface area (Å²) >= 11 is 0. The Morgan fingerprint density at radius 1 is 1.21 bits per heavy atom. The number of nitrogens with one attached hydrogen (secondary N) is 2. The van der Waals surface area contributed by atoms with Gasteiger partial charge in [-0.15, -0.1) is 4.68 Å². The van der Waals surface area contributed by atoms with Crippen molar-refractivity contribution in [3.8, 4) is 5.75 Å². The van der Waals surface area contributed by atoms with Crippen molar-refractivity contribution in [2.24, 2.45) is 22.9 Å². The van der Waals surface area contributed by atoms with E-state index in [1.165, 1.54) is 5.57 Å². The van der Waals surface area contributed by atoms with Crippen LogP contribution in [0.5, 0.6) is 5.75 Å². The molecule has 0 saturated heterocycles. The zero-order chi connectivity index (χ0) is 20.0. The Morgan fingerprint density at radius 3 is 2.71 bits per heavy atom. The third-order valence-corrected chi connectivity index (χ3v) is 5.65. The van der Waals surface area contributed by atoms with Crippen LogP contribution in [-0.2, 0) is 0 Å². The van der Waals surface area contributed by atoms with Crippen molar-refractivity contribution in [3.05, 3.63) is 50.7 Å². The molecule has 0 radical (unpaired) electrons. The summed E-state index contributed by atoms with van der Waals surface area (Å²) < 4.78 is 6.13. The van der Waals surface area contributed by atoms with Gasteiger partial charge in [0.2, 0.25) is 0 Å². The Labute approximate surface area is 161 Å². The van der Waals surface area contributed by atoms with Crippen LogP contribution in [0.4, 0.5) is 0 Å². The van der Waals surface area contributed by atoms with Gasteiger partial charge in [0, 0.05) is 23.6 Å². The van der Waals surface area contributed by atoms with E-state index in [4.69, 9.17) is 4.74 Å². The number of fused-ring (bicyclic) bond motifs is 3. The van der Waals surface area contributed by atoms with Crippen LogP contribution in [0.1, 0.15) is 27.2 Å². The molecule has 0 aliphatic heterocycles. The lowest BCUT2D eigenvalue weighted by Gasteiger charge is -2.29. The number of hydrogen-bond acceptors (Lipinski definition) is 4. The van der Waals surface area contributed by atoms with E-state index in [2.05, 4.69) is 41.9 Å². The van der Waals surface area contributed by atoms with Crippen molar-refractivity contribution in [2.75, 3.05) is 7.11 Å². The van der Waals surface area contributed by atoms with Gasteiger partial charge in [-0.2, -0.15) is 5.10 Å². The van der Waals surface area contributed by atoms with Gasteiger partial charge in [-0.3, -0.25) is 4.79 Å². The number of hydrogen-bond donors (Lipinski definition) is 2. The fraction of sp³-hybridized carbons (Fsp3) is 0.381. The second-order valence-electron chi connectivity index (χ2n) is 7.73. The first-order valence-electron chi connectivity index (χ1n) is 9.45. The molecule has 2 heterocycles. The van der Waals surface area contributed by atoms with Crippen LogP contribution < -0.4 is 16.0 Å². The van der Waals surface area contributed by atoms with Crippen LogP contribution in [0, 0.1) is 17.8 Å². The molecule has 0 unspecified atom stereocenters. The summed E-state index contributed by atoms with van der Waals surface area (Å²) in [6.07, 6.45) is 4.97. The minimum Gasteiger partial charge on any atom is -0.497 e.